The van der Waals surface area contributed by atoms with E-state index < -0.39 is 30.6 Å². The van der Waals surface area contributed by atoms with Crippen molar-refractivity contribution in [2.24, 2.45) is 11.3 Å². The van der Waals surface area contributed by atoms with Crippen molar-refractivity contribution in [3.05, 3.63) is 59.7 Å². The first-order chi connectivity index (χ1) is 20.3. The van der Waals surface area contributed by atoms with Gasteiger partial charge in [0.05, 0.1) is 32.0 Å². The van der Waals surface area contributed by atoms with E-state index in [9.17, 15) is 19.8 Å². The molecule has 2 aromatic rings. The Kier molecular flexibility index (Phi) is 17.1. The first-order valence-electron chi connectivity index (χ1n) is 15.8. The second kappa shape index (κ2) is 20.2. The fraction of sp³-hybridized carbons (Fsp3) is 0.600. The molecule has 0 aliphatic carbocycles. The Morgan fingerprint density at radius 2 is 1.38 bits per heavy atom. The number of aliphatic hydroxyl groups excluding tert-OH is 2. The molecular formula is C35H52O7. The molecule has 0 radical (unpaired) electrons. The Morgan fingerprint density at radius 1 is 0.810 bits per heavy atom. The molecule has 2 N–H and O–H groups in total. The van der Waals surface area contributed by atoms with Crippen molar-refractivity contribution in [1.82, 2.24) is 0 Å². The molecule has 0 heterocycles. The van der Waals surface area contributed by atoms with Crippen molar-refractivity contribution >= 4 is 11.9 Å². The SMILES string of the molecule is CCC(C)Cc1cc(C(=O)OOCCCCCCCCCCCCOC(=O)C(C)(CO)CO)ccc1-c1ccccc1. The molecule has 0 aliphatic rings. The first kappa shape index (κ1) is 35.5. The Hall–Kier alpha value is -2.74. The molecule has 0 spiro atoms. The normalized spacial score (nSPS) is 12.2. The van der Waals surface area contributed by atoms with Crippen LogP contribution in [-0.2, 0) is 25.7 Å². The van der Waals surface area contributed by atoms with E-state index in [0.717, 1.165) is 74.5 Å². The van der Waals surface area contributed by atoms with Gasteiger partial charge in [-0.1, -0.05) is 108 Å². The fourth-order valence-corrected chi connectivity index (χ4v) is 4.65. The molecular weight excluding hydrogens is 532 g/mol. The third-order valence-electron chi connectivity index (χ3n) is 7.87. The van der Waals surface area contributed by atoms with Gasteiger partial charge >= 0.3 is 11.9 Å². The number of hydrogen-bond donors (Lipinski definition) is 2. The minimum Gasteiger partial charge on any atom is -0.465 e. The maximum atomic E-state index is 12.6. The molecule has 234 valence electrons. The molecule has 0 saturated carbocycles. The number of rotatable bonds is 22. The minimum atomic E-state index is -1.22. The number of benzene rings is 2. The average Bonchev–Trinajstić information content (AvgIpc) is 3.02. The number of carbonyl (C=O) groups is 2. The Bertz CT molecular complexity index is 1030. The summed E-state index contributed by atoms with van der Waals surface area (Å²) in [5.41, 5.74) is 2.74. The number of carbonyl (C=O) groups excluding carboxylic acids is 2. The number of unbranched alkanes of at least 4 members (excludes halogenated alkanes) is 9. The van der Waals surface area contributed by atoms with Crippen LogP contribution in [0.1, 0.15) is 107 Å². The lowest BCUT2D eigenvalue weighted by atomic mass is 9.90. The number of aliphatic hydroxyl groups is 2. The summed E-state index contributed by atoms with van der Waals surface area (Å²) < 4.78 is 5.17. The molecule has 2 rings (SSSR count). The highest BCUT2D eigenvalue weighted by Gasteiger charge is 2.33. The molecule has 0 fully saturated rings. The molecule has 2 aromatic carbocycles. The van der Waals surface area contributed by atoms with Gasteiger partial charge in [-0.2, -0.15) is 4.89 Å². The van der Waals surface area contributed by atoms with E-state index in [1.165, 1.54) is 26.2 Å². The van der Waals surface area contributed by atoms with Crippen LogP contribution in [0.2, 0.25) is 0 Å². The first-order valence-corrected chi connectivity index (χ1v) is 15.8. The van der Waals surface area contributed by atoms with Gasteiger partial charge in [0.1, 0.15) is 5.41 Å². The van der Waals surface area contributed by atoms with Crippen LogP contribution in [0.5, 0.6) is 0 Å². The number of ether oxygens (including phenoxy) is 1. The number of esters is 1. The van der Waals surface area contributed by atoms with E-state index in [4.69, 9.17) is 14.5 Å². The smallest absolute Gasteiger partial charge is 0.373 e. The highest BCUT2D eigenvalue weighted by Crippen LogP contribution is 2.28. The van der Waals surface area contributed by atoms with Crippen LogP contribution in [0.25, 0.3) is 11.1 Å². The third-order valence-corrected chi connectivity index (χ3v) is 7.87. The van der Waals surface area contributed by atoms with E-state index in [1.54, 1.807) is 0 Å². The standard InChI is InChI=1S/C35H52O7/c1-4-28(2)24-31-25-30(20-21-32(31)29-18-14-13-15-19-29)33(38)42-41-23-17-12-10-8-6-5-7-9-11-16-22-40-34(39)35(3,26-36)27-37/h13-15,18-21,25,28,36-37H,4-12,16-17,22-24,26-27H2,1-3H3. The van der Waals surface area contributed by atoms with E-state index in [1.807, 2.05) is 36.4 Å². The van der Waals surface area contributed by atoms with Gasteiger partial charge in [-0.3, -0.25) is 9.68 Å². The van der Waals surface area contributed by atoms with Gasteiger partial charge in [-0.05, 0) is 60.9 Å². The highest BCUT2D eigenvalue weighted by atomic mass is 17.2. The maximum Gasteiger partial charge on any atom is 0.373 e. The molecule has 7 nitrogen and oxygen atoms in total. The van der Waals surface area contributed by atoms with E-state index in [2.05, 4.69) is 26.0 Å². The van der Waals surface area contributed by atoms with Gasteiger partial charge in [-0.25, -0.2) is 4.79 Å². The van der Waals surface area contributed by atoms with Crippen LogP contribution >= 0.6 is 0 Å². The van der Waals surface area contributed by atoms with Gasteiger partial charge in [0.25, 0.3) is 0 Å². The lowest BCUT2D eigenvalue weighted by molar-refractivity contribution is -0.241. The van der Waals surface area contributed by atoms with Crippen molar-refractivity contribution in [3.63, 3.8) is 0 Å². The zero-order chi connectivity index (χ0) is 30.6. The Balaban J connectivity index is 1.54. The summed E-state index contributed by atoms with van der Waals surface area (Å²) in [6.45, 7) is 5.78. The predicted octanol–water partition coefficient (Wildman–Crippen LogP) is 7.47. The molecule has 0 saturated heterocycles. The van der Waals surface area contributed by atoms with Crippen LogP contribution in [0.4, 0.5) is 0 Å². The van der Waals surface area contributed by atoms with E-state index in [0.29, 0.717) is 24.7 Å². The molecule has 0 bridgehead atoms. The summed E-state index contributed by atoms with van der Waals surface area (Å²) in [6, 6.07) is 16.0. The van der Waals surface area contributed by atoms with E-state index in [-0.39, 0.29) is 0 Å². The quantitative estimate of drug-likeness (QED) is 0.0641. The van der Waals surface area contributed by atoms with Gasteiger partial charge < -0.3 is 14.9 Å². The Labute approximate surface area is 252 Å². The second-order valence-corrected chi connectivity index (χ2v) is 11.7. The van der Waals surface area contributed by atoms with Crippen LogP contribution in [0.3, 0.4) is 0 Å². The number of hydrogen-bond acceptors (Lipinski definition) is 7. The molecule has 1 unspecified atom stereocenters. The lowest BCUT2D eigenvalue weighted by Gasteiger charge is -2.22. The van der Waals surface area contributed by atoms with Gasteiger partial charge in [-0.15, -0.1) is 0 Å². The van der Waals surface area contributed by atoms with Crippen LogP contribution < -0.4 is 0 Å². The maximum absolute atomic E-state index is 12.6. The molecule has 7 heteroatoms. The third kappa shape index (κ3) is 12.6. The summed E-state index contributed by atoms with van der Waals surface area (Å²) in [5, 5.41) is 18.4. The zero-order valence-corrected chi connectivity index (χ0v) is 25.9. The predicted molar refractivity (Wildman–Crippen MR) is 166 cm³/mol. The van der Waals surface area contributed by atoms with Crippen molar-refractivity contribution < 1.29 is 34.3 Å². The molecule has 0 amide bonds. The fourth-order valence-electron chi connectivity index (χ4n) is 4.65. The van der Waals surface area contributed by atoms with Crippen molar-refractivity contribution in [1.29, 1.82) is 0 Å². The average molecular weight is 585 g/mol. The van der Waals surface area contributed by atoms with Crippen molar-refractivity contribution in [2.75, 3.05) is 26.4 Å². The topological polar surface area (TPSA) is 102 Å². The van der Waals surface area contributed by atoms with Gasteiger partial charge in [0, 0.05) is 0 Å². The second-order valence-electron chi connectivity index (χ2n) is 11.7. The van der Waals surface area contributed by atoms with Crippen molar-refractivity contribution in [2.45, 2.75) is 97.8 Å². The summed E-state index contributed by atoms with van der Waals surface area (Å²) in [4.78, 5) is 34.8. The van der Waals surface area contributed by atoms with Crippen LogP contribution in [0, 0.1) is 11.3 Å². The highest BCUT2D eigenvalue weighted by molar-refractivity contribution is 5.90. The molecule has 0 aliphatic heterocycles. The summed E-state index contributed by atoms with van der Waals surface area (Å²) in [5.74, 6) is -0.481. The zero-order valence-electron chi connectivity index (χ0n) is 25.9. The van der Waals surface area contributed by atoms with Crippen LogP contribution in [0.15, 0.2) is 48.5 Å². The lowest BCUT2D eigenvalue weighted by Crippen LogP contribution is -2.37. The largest absolute Gasteiger partial charge is 0.465 e. The van der Waals surface area contributed by atoms with Crippen LogP contribution in [-0.4, -0.2) is 48.6 Å². The summed E-state index contributed by atoms with van der Waals surface area (Å²) >= 11 is 0. The van der Waals surface area contributed by atoms with Crippen molar-refractivity contribution in [3.8, 4) is 11.1 Å². The monoisotopic (exact) mass is 584 g/mol. The van der Waals surface area contributed by atoms with Gasteiger partial charge in [0.15, 0.2) is 0 Å². The Morgan fingerprint density at radius 3 is 1.95 bits per heavy atom. The summed E-state index contributed by atoms with van der Waals surface area (Å²) in [6.07, 6.45) is 12.6. The molecule has 42 heavy (non-hydrogen) atoms. The van der Waals surface area contributed by atoms with E-state index >= 15 is 0 Å². The molecule has 1 atom stereocenters. The minimum absolute atomic E-state index is 0.325. The molecule has 0 aromatic heterocycles. The van der Waals surface area contributed by atoms with Gasteiger partial charge in [0.2, 0.25) is 0 Å². The summed E-state index contributed by atoms with van der Waals surface area (Å²) in [7, 11) is 0.